The highest BCUT2D eigenvalue weighted by Gasteiger charge is 2.38. The van der Waals surface area contributed by atoms with E-state index in [1.54, 1.807) is 0 Å². The van der Waals surface area contributed by atoms with Crippen LogP contribution in [-0.4, -0.2) is 41.8 Å². The van der Waals surface area contributed by atoms with Crippen LogP contribution in [0.1, 0.15) is 51.9 Å². The summed E-state index contributed by atoms with van der Waals surface area (Å²) in [6.07, 6.45) is 5.11. The quantitative estimate of drug-likeness (QED) is 0.350. The number of hydrogen-bond acceptors (Lipinski definition) is 4. The van der Waals surface area contributed by atoms with Gasteiger partial charge >= 0.3 is 0 Å². The highest BCUT2D eigenvalue weighted by Crippen LogP contribution is 2.30. The fourth-order valence-corrected chi connectivity index (χ4v) is 4.54. The van der Waals surface area contributed by atoms with Gasteiger partial charge < -0.3 is 5.32 Å². The Balaban J connectivity index is 2.44. The molecule has 1 heterocycles. The van der Waals surface area contributed by atoms with E-state index in [1.807, 2.05) is 0 Å². The van der Waals surface area contributed by atoms with Crippen LogP contribution in [-0.2, 0) is 14.6 Å². The van der Waals surface area contributed by atoms with Gasteiger partial charge in [0.05, 0.1) is 11.5 Å². The lowest BCUT2D eigenvalue weighted by molar-refractivity contribution is -0.122. The van der Waals surface area contributed by atoms with Gasteiger partial charge in [0.25, 0.3) is 0 Å². The van der Waals surface area contributed by atoms with Gasteiger partial charge in [-0.2, -0.15) is 0 Å². The van der Waals surface area contributed by atoms with Gasteiger partial charge in [0.15, 0.2) is 9.84 Å². The first-order valence-corrected chi connectivity index (χ1v) is 10.9. The maximum absolute atomic E-state index is 12.0. The second-order valence-electron chi connectivity index (χ2n) is 5.97. The molecule has 23 heavy (non-hydrogen) atoms. The molecule has 0 radical (unpaired) electrons. The Hall–Kier alpha value is 0.250. The molecule has 0 unspecified atom stereocenters. The van der Waals surface area contributed by atoms with E-state index < -0.39 is 19.8 Å². The molecule has 0 aromatic heterocycles. The zero-order chi connectivity index (χ0) is 17.5. The van der Waals surface area contributed by atoms with Gasteiger partial charge in [-0.1, -0.05) is 67.4 Å². The summed E-state index contributed by atoms with van der Waals surface area (Å²) < 4.78 is 21.2. The van der Waals surface area contributed by atoms with Crippen molar-refractivity contribution in [3.63, 3.8) is 0 Å². The number of nitrogens with one attached hydrogen (secondary N) is 2. The third-order valence-corrected chi connectivity index (χ3v) is 6.20. The Morgan fingerprint density at radius 3 is 2.39 bits per heavy atom. The van der Waals surface area contributed by atoms with Crippen molar-refractivity contribution in [1.82, 2.24) is 10.6 Å². The molecule has 1 saturated heterocycles. The molecule has 0 aromatic rings. The molecule has 0 saturated carbocycles. The van der Waals surface area contributed by atoms with E-state index in [4.69, 9.17) is 34.8 Å². The van der Waals surface area contributed by atoms with Gasteiger partial charge in [0.1, 0.15) is 6.17 Å². The molecular formula is C14H25Cl3N2O3S. The van der Waals surface area contributed by atoms with Crippen LogP contribution in [0.4, 0.5) is 0 Å². The van der Waals surface area contributed by atoms with Crippen molar-refractivity contribution < 1.29 is 13.2 Å². The molecular weight excluding hydrogens is 383 g/mol. The number of rotatable bonds is 9. The van der Waals surface area contributed by atoms with Crippen molar-refractivity contribution in [2.45, 2.75) is 67.9 Å². The maximum atomic E-state index is 12.0. The fraction of sp³-hybridized carbons (Fsp3) is 0.929. The van der Waals surface area contributed by atoms with Gasteiger partial charge in [-0.25, -0.2) is 8.42 Å². The van der Waals surface area contributed by atoms with E-state index in [-0.39, 0.29) is 23.5 Å². The predicted molar refractivity (Wildman–Crippen MR) is 95.8 cm³/mol. The van der Waals surface area contributed by atoms with Gasteiger partial charge in [0.2, 0.25) is 9.70 Å². The smallest absolute Gasteiger partial charge is 0.223 e. The number of alkyl halides is 3. The molecule has 136 valence electrons. The first-order chi connectivity index (χ1) is 10.6. The summed E-state index contributed by atoms with van der Waals surface area (Å²) in [7, 11) is -3.04. The topological polar surface area (TPSA) is 75.3 Å². The summed E-state index contributed by atoms with van der Waals surface area (Å²) in [6.45, 7) is 2.13. The second kappa shape index (κ2) is 9.66. The van der Waals surface area contributed by atoms with Crippen molar-refractivity contribution in [3.8, 4) is 0 Å². The zero-order valence-corrected chi connectivity index (χ0v) is 16.4. The van der Waals surface area contributed by atoms with Crippen molar-refractivity contribution in [2.24, 2.45) is 0 Å². The molecule has 1 fully saturated rings. The van der Waals surface area contributed by atoms with E-state index in [9.17, 15) is 13.2 Å². The Morgan fingerprint density at radius 1 is 1.22 bits per heavy atom. The molecule has 0 aliphatic carbocycles. The van der Waals surface area contributed by atoms with Crippen LogP contribution in [0.25, 0.3) is 0 Å². The average molecular weight is 408 g/mol. The Kier molecular flexibility index (Phi) is 8.94. The first kappa shape index (κ1) is 21.3. The third-order valence-electron chi connectivity index (χ3n) is 3.77. The molecule has 0 bridgehead atoms. The van der Waals surface area contributed by atoms with Crippen LogP contribution in [0.3, 0.4) is 0 Å². The number of carbonyl (C=O) groups is 1. The monoisotopic (exact) mass is 406 g/mol. The average Bonchev–Trinajstić information content (AvgIpc) is 2.76. The molecule has 5 nitrogen and oxygen atoms in total. The van der Waals surface area contributed by atoms with Crippen molar-refractivity contribution in [2.75, 3.05) is 11.5 Å². The number of halogens is 3. The van der Waals surface area contributed by atoms with Crippen molar-refractivity contribution in [1.29, 1.82) is 0 Å². The minimum atomic E-state index is -3.04. The van der Waals surface area contributed by atoms with Gasteiger partial charge in [0, 0.05) is 12.5 Å². The molecule has 1 amide bonds. The van der Waals surface area contributed by atoms with Gasteiger partial charge in [-0.15, -0.1) is 0 Å². The minimum absolute atomic E-state index is 0.00284. The van der Waals surface area contributed by atoms with E-state index in [0.29, 0.717) is 12.8 Å². The second-order valence-corrected chi connectivity index (χ2v) is 10.6. The van der Waals surface area contributed by atoms with Crippen LogP contribution in [0.15, 0.2) is 0 Å². The summed E-state index contributed by atoms with van der Waals surface area (Å²) in [5.74, 6) is -0.0917. The lowest BCUT2D eigenvalue weighted by Gasteiger charge is -2.29. The number of carbonyl (C=O) groups excluding carboxylic acids is 1. The molecule has 9 heteroatoms. The molecule has 0 aromatic carbocycles. The van der Waals surface area contributed by atoms with Crippen LogP contribution in [0.2, 0.25) is 0 Å². The summed E-state index contributed by atoms with van der Waals surface area (Å²) >= 11 is 17.7. The highest BCUT2D eigenvalue weighted by atomic mass is 35.6. The molecule has 2 N–H and O–H groups in total. The Bertz CT molecular complexity index is 480. The van der Waals surface area contributed by atoms with E-state index in [0.717, 1.165) is 32.1 Å². The molecule has 2 atom stereocenters. The van der Waals surface area contributed by atoms with Crippen molar-refractivity contribution in [3.05, 3.63) is 0 Å². The van der Waals surface area contributed by atoms with Crippen LogP contribution in [0, 0.1) is 0 Å². The third kappa shape index (κ3) is 8.77. The van der Waals surface area contributed by atoms with Gasteiger partial charge in [-0.3, -0.25) is 10.1 Å². The van der Waals surface area contributed by atoms with Crippen LogP contribution >= 0.6 is 34.8 Å². The van der Waals surface area contributed by atoms with Crippen LogP contribution in [0.5, 0.6) is 0 Å². The summed E-state index contributed by atoms with van der Waals surface area (Å²) in [6, 6.07) is -0.314. The number of hydrogen-bond donors (Lipinski definition) is 2. The predicted octanol–water partition coefficient (Wildman–Crippen LogP) is 2.94. The van der Waals surface area contributed by atoms with E-state index >= 15 is 0 Å². The molecule has 0 spiro atoms. The Labute approximate surface area is 153 Å². The largest absolute Gasteiger partial charge is 0.337 e. The summed E-state index contributed by atoms with van der Waals surface area (Å²) in [4.78, 5) is 12.0. The normalized spacial score (nSPS) is 22.0. The number of amides is 1. The van der Waals surface area contributed by atoms with E-state index in [1.165, 1.54) is 0 Å². The highest BCUT2D eigenvalue weighted by molar-refractivity contribution is 7.91. The maximum Gasteiger partial charge on any atom is 0.223 e. The SMILES string of the molecule is CCCCCCCC(=O)N[C@@H](N[C@@H]1CCS(=O)(=O)C1)C(Cl)(Cl)Cl. The minimum Gasteiger partial charge on any atom is -0.337 e. The summed E-state index contributed by atoms with van der Waals surface area (Å²) in [5.41, 5.74) is 0. The molecule has 1 aliphatic heterocycles. The van der Waals surface area contributed by atoms with Crippen molar-refractivity contribution >= 4 is 50.5 Å². The fourth-order valence-electron chi connectivity index (χ4n) is 2.50. The summed E-state index contributed by atoms with van der Waals surface area (Å²) in [5, 5.41) is 5.61. The molecule has 1 rings (SSSR count). The lowest BCUT2D eigenvalue weighted by atomic mass is 10.1. The van der Waals surface area contributed by atoms with E-state index in [2.05, 4.69) is 17.6 Å². The zero-order valence-electron chi connectivity index (χ0n) is 13.3. The Morgan fingerprint density at radius 2 is 1.87 bits per heavy atom. The number of unbranched alkanes of at least 4 members (excludes halogenated alkanes) is 4. The first-order valence-electron chi connectivity index (χ1n) is 7.96. The van der Waals surface area contributed by atoms with Crippen LogP contribution < -0.4 is 10.6 Å². The van der Waals surface area contributed by atoms with Gasteiger partial charge in [-0.05, 0) is 12.8 Å². The number of sulfone groups is 1. The standard InChI is InChI=1S/C14H25Cl3N2O3S/c1-2-3-4-5-6-7-12(20)19-13(14(15,16)17)18-11-8-9-23(21,22)10-11/h11,13,18H,2-10H2,1H3,(H,19,20)/t11-,13-/m1/s1. The molecule has 1 aliphatic rings. The lowest BCUT2D eigenvalue weighted by Crippen LogP contribution is -2.56.